The molecule has 0 N–H and O–H groups in total. The summed E-state index contributed by atoms with van der Waals surface area (Å²) in [6, 6.07) is 0. The van der Waals surface area contributed by atoms with E-state index in [1.54, 1.807) is 0 Å². The molecule has 1 unspecified atom stereocenters. The normalized spacial score (nSPS) is 12.5. The van der Waals surface area contributed by atoms with Crippen molar-refractivity contribution >= 4 is 6.29 Å². The van der Waals surface area contributed by atoms with Crippen LogP contribution >= 0.6 is 0 Å². The Bertz CT molecular complexity index is 141. The number of rotatable bonds is 7. The van der Waals surface area contributed by atoms with E-state index >= 15 is 0 Å². The summed E-state index contributed by atoms with van der Waals surface area (Å²) in [6.45, 7) is 8.49. The number of hydrogen-bond donors (Lipinski definition) is 0. The number of ether oxygens (including phenoxy) is 1. The fourth-order valence-corrected chi connectivity index (χ4v) is 1.00. The van der Waals surface area contributed by atoms with Gasteiger partial charge in [0, 0.05) is 13.0 Å². The molecule has 1 atom stereocenters. The van der Waals surface area contributed by atoms with Crippen molar-refractivity contribution in [2.75, 3.05) is 6.61 Å². The van der Waals surface area contributed by atoms with Crippen molar-refractivity contribution in [3.05, 3.63) is 12.2 Å². The number of aldehydes is 1. The lowest BCUT2D eigenvalue weighted by molar-refractivity contribution is -0.108. The molecule has 0 aliphatic heterocycles. The van der Waals surface area contributed by atoms with Gasteiger partial charge in [-0.25, -0.2) is 0 Å². The fourth-order valence-electron chi connectivity index (χ4n) is 1.00. The van der Waals surface area contributed by atoms with E-state index in [1.165, 1.54) is 0 Å². The van der Waals surface area contributed by atoms with E-state index < -0.39 is 0 Å². The monoisotopic (exact) mass is 170 g/mol. The van der Waals surface area contributed by atoms with Crippen molar-refractivity contribution in [2.24, 2.45) is 0 Å². The summed E-state index contributed by atoms with van der Waals surface area (Å²) in [5.41, 5.74) is 1.14. The van der Waals surface area contributed by atoms with E-state index in [9.17, 15) is 4.79 Å². The Hall–Kier alpha value is -0.630. The van der Waals surface area contributed by atoms with Gasteiger partial charge in [-0.2, -0.15) is 0 Å². The maximum atomic E-state index is 9.96. The summed E-state index contributed by atoms with van der Waals surface area (Å²) in [4.78, 5) is 9.96. The number of unbranched alkanes of at least 4 members (excludes halogenated alkanes) is 1. The highest BCUT2D eigenvalue weighted by molar-refractivity contribution is 5.48. The SMILES string of the molecule is C=C(C)CC(C)OCCCC=O. The van der Waals surface area contributed by atoms with Crippen molar-refractivity contribution in [3.8, 4) is 0 Å². The zero-order valence-electron chi connectivity index (χ0n) is 8.01. The average Bonchev–Trinajstić information content (AvgIpc) is 1.97. The fraction of sp³-hybridized carbons (Fsp3) is 0.700. The van der Waals surface area contributed by atoms with E-state index in [0.717, 1.165) is 24.7 Å². The first-order chi connectivity index (χ1) is 5.66. The summed E-state index contributed by atoms with van der Waals surface area (Å²) >= 11 is 0. The van der Waals surface area contributed by atoms with Gasteiger partial charge in [0.25, 0.3) is 0 Å². The van der Waals surface area contributed by atoms with Gasteiger partial charge < -0.3 is 9.53 Å². The molecule has 0 bridgehead atoms. The van der Waals surface area contributed by atoms with E-state index in [2.05, 4.69) is 6.58 Å². The Labute approximate surface area is 74.6 Å². The molecule has 0 aromatic rings. The van der Waals surface area contributed by atoms with Gasteiger partial charge in [-0.05, 0) is 26.7 Å². The molecule has 0 spiro atoms. The first kappa shape index (κ1) is 11.4. The van der Waals surface area contributed by atoms with Gasteiger partial charge in [-0.3, -0.25) is 0 Å². The molecule has 0 aliphatic carbocycles. The maximum Gasteiger partial charge on any atom is 0.120 e. The Balaban J connectivity index is 3.24. The summed E-state index contributed by atoms with van der Waals surface area (Å²) in [5, 5.41) is 0. The Morgan fingerprint density at radius 1 is 1.67 bits per heavy atom. The second-order valence-corrected chi connectivity index (χ2v) is 3.15. The molecular weight excluding hydrogens is 152 g/mol. The Morgan fingerprint density at radius 2 is 2.33 bits per heavy atom. The van der Waals surface area contributed by atoms with Crippen molar-refractivity contribution in [3.63, 3.8) is 0 Å². The molecule has 0 fully saturated rings. The van der Waals surface area contributed by atoms with Crippen LogP contribution in [0.3, 0.4) is 0 Å². The van der Waals surface area contributed by atoms with Gasteiger partial charge in [0.1, 0.15) is 6.29 Å². The molecule has 70 valence electrons. The van der Waals surface area contributed by atoms with Crippen LogP contribution in [0.4, 0.5) is 0 Å². The Kier molecular flexibility index (Phi) is 6.67. The number of hydrogen-bond acceptors (Lipinski definition) is 2. The van der Waals surface area contributed by atoms with Crippen LogP contribution in [0.1, 0.15) is 33.1 Å². The summed E-state index contributed by atoms with van der Waals surface area (Å²) in [5.74, 6) is 0. The van der Waals surface area contributed by atoms with Crippen molar-refractivity contribution < 1.29 is 9.53 Å². The quantitative estimate of drug-likeness (QED) is 0.333. The van der Waals surface area contributed by atoms with E-state index in [4.69, 9.17) is 4.74 Å². The van der Waals surface area contributed by atoms with Crippen LogP contribution in [0.2, 0.25) is 0 Å². The zero-order chi connectivity index (χ0) is 9.40. The summed E-state index contributed by atoms with van der Waals surface area (Å²) < 4.78 is 5.44. The summed E-state index contributed by atoms with van der Waals surface area (Å²) in [6.07, 6.45) is 3.48. The van der Waals surface area contributed by atoms with Gasteiger partial charge in [0.05, 0.1) is 6.10 Å². The van der Waals surface area contributed by atoms with Crippen LogP contribution in [-0.2, 0) is 9.53 Å². The van der Waals surface area contributed by atoms with Crippen LogP contribution in [0, 0.1) is 0 Å². The summed E-state index contributed by atoms with van der Waals surface area (Å²) in [7, 11) is 0. The van der Waals surface area contributed by atoms with Gasteiger partial charge in [0.15, 0.2) is 0 Å². The topological polar surface area (TPSA) is 26.3 Å². The smallest absolute Gasteiger partial charge is 0.120 e. The largest absolute Gasteiger partial charge is 0.378 e. The molecule has 12 heavy (non-hydrogen) atoms. The molecule has 0 saturated heterocycles. The lowest BCUT2D eigenvalue weighted by Gasteiger charge is -2.11. The van der Waals surface area contributed by atoms with Crippen LogP contribution in [-0.4, -0.2) is 19.0 Å². The van der Waals surface area contributed by atoms with E-state index in [0.29, 0.717) is 13.0 Å². The third kappa shape index (κ3) is 7.48. The van der Waals surface area contributed by atoms with Gasteiger partial charge in [-0.15, -0.1) is 6.58 Å². The highest BCUT2D eigenvalue weighted by Gasteiger charge is 2.00. The molecule has 0 aromatic carbocycles. The Morgan fingerprint density at radius 3 is 2.83 bits per heavy atom. The second kappa shape index (κ2) is 7.04. The maximum absolute atomic E-state index is 9.96. The van der Waals surface area contributed by atoms with E-state index in [-0.39, 0.29) is 6.10 Å². The first-order valence-electron chi connectivity index (χ1n) is 4.36. The zero-order valence-corrected chi connectivity index (χ0v) is 8.01. The first-order valence-corrected chi connectivity index (χ1v) is 4.36. The van der Waals surface area contributed by atoms with Crippen molar-refractivity contribution in [1.29, 1.82) is 0 Å². The number of carbonyl (C=O) groups is 1. The molecule has 2 heteroatoms. The lowest BCUT2D eigenvalue weighted by Crippen LogP contribution is -2.09. The molecule has 0 radical (unpaired) electrons. The average molecular weight is 170 g/mol. The molecule has 0 aliphatic rings. The minimum atomic E-state index is 0.231. The number of carbonyl (C=O) groups excluding carboxylic acids is 1. The van der Waals surface area contributed by atoms with Gasteiger partial charge in [0.2, 0.25) is 0 Å². The third-order valence-corrected chi connectivity index (χ3v) is 1.50. The predicted octanol–water partition coefficient (Wildman–Crippen LogP) is 2.34. The van der Waals surface area contributed by atoms with Gasteiger partial charge in [-0.1, -0.05) is 5.57 Å². The molecule has 0 rings (SSSR count). The van der Waals surface area contributed by atoms with Crippen LogP contribution in [0.5, 0.6) is 0 Å². The minimum Gasteiger partial charge on any atom is -0.378 e. The standard InChI is InChI=1S/C10H18O2/c1-9(2)8-10(3)12-7-5-4-6-11/h6,10H,1,4-5,7-8H2,2-3H3. The van der Waals surface area contributed by atoms with Crippen LogP contribution < -0.4 is 0 Å². The highest BCUT2D eigenvalue weighted by Crippen LogP contribution is 2.05. The molecule has 0 saturated carbocycles. The third-order valence-electron chi connectivity index (χ3n) is 1.50. The van der Waals surface area contributed by atoms with Gasteiger partial charge >= 0.3 is 0 Å². The van der Waals surface area contributed by atoms with Crippen LogP contribution in [0.25, 0.3) is 0 Å². The molecule has 0 aromatic heterocycles. The van der Waals surface area contributed by atoms with Crippen molar-refractivity contribution in [2.45, 2.75) is 39.2 Å². The second-order valence-electron chi connectivity index (χ2n) is 3.15. The highest BCUT2D eigenvalue weighted by atomic mass is 16.5. The minimum absolute atomic E-state index is 0.231. The predicted molar refractivity (Wildman–Crippen MR) is 50.1 cm³/mol. The molecule has 0 amide bonds. The molecule has 0 heterocycles. The van der Waals surface area contributed by atoms with Crippen molar-refractivity contribution in [1.82, 2.24) is 0 Å². The van der Waals surface area contributed by atoms with Crippen LogP contribution in [0.15, 0.2) is 12.2 Å². The van der Waals surface area contributed by atoms with E-state index in [1.807, 2.05) is 13.8 Å². The lowest BCUT2D eigenvalue weighted by atomic mass is 10.2. The molecular formula is C10H18O2. The molecule has 2 nitrogen and oxygen atoms in total.